The maximum absolute atomic E-state index is 13.3. The first-order valence-corrected chi connectivity index (χ1v) is 29.2. The van der Waals surface area contributed by atoms with E-state index in [1.807, 2.05) is 0 Å². The van der Waals surface area contributed by atoms with Gasteiger partial charge in [0.15, 0.2) is 0 Å². The molecule has 6 heteroatoms. The van der Waals surface area contributed by atoms with Gasteiger partial charge in [0.25, 0.3) is 0 Å². The standard InChI is InChI=1S/C62H111NO5/c1-4-7-10-13-16-19-22-25-28-31-32-35-38-41-44-47-50-53-58(68-62(67)55-52-49-46-43-40-37-34-30-27-24-21-18-15-12-9-6-3)56-61(66)63-59(57-64)60(65)54-51-48-45-42-39-36-33-29-26-23-20-17-14-11-8-5-2/h9,12,16,18-19,21,25,27-28,30,37,40,58-60,64-65H,4-8,10-11,13-15,17,20,22-24,26,29,31-36,38-39,41-57H2,1-3H3,(H,63,66)/b12-9+,19-16-,21-18+,28-25-,30-27+,40-37+. The predicted octanol–water partition coefficient (Wildman–Crippen LogP) is 18.1. The van der Waals surface area contributed by atoms with Crippen LogP contribution in [0.2, 0.25) is 0 Å². The molecule has 0 aliphatic rings. The van der Waals surface area contributed by atoms with Gasteiger partial charge in [-0.15, -0.1) is 0 Å². The van der Waals surface area contributed by atoms with Crippen LogP contribution in [0, 0.1) is 0 Å². The summed E-state index contributed by atoms with van der Waals surface area (Å²) in [6, 6.07) is -0.715. The highest BCUT2D eigenvalue weighted by molar-refractivity contribution is 5.77. The lowest BCUT2D eigenvalue weighted by molar-refractivity contribution is -0.151. The van der Waals surface area contributed by atoms with Crippen molar-refractivity contribution in [3.05, 3.63) is 72.9 Å². The minimum atomic E-state index is -0.799. The van der Waals surface area contributed by atoms with E-state index in [2.05, 4.69) is 99.0 Å². The summed E-state index contributed by atoms with van der Waals surface area (Å²) in [5.41, 5.74) is 0. The van der Waals surface area contributed by atoms with Gasteiger partial charge in [-0.25, -0.2) is 0 Å². The van der Waals surface area contributed by atoms with Crippen molar-refractivity contribution in [2.45, 2.75) is 302 Å². The van der Waals surface area contributed by atoms with Gasteiger partial charge in [-0.1, -0.05) is 248 Å². The SMILES string of the molecule is CC/C=C/C/C=C/C/C=C/C/C=C/CCCCCC(=O)OC(CCCCCCCCC/C=C\C/C=C\CCCCC)CC(=O)NC(CO)C(O)CCCCCCCCCCCCCCCCCC. The Morgan fingerprint density at radius 2 is 0.794 bits per heavy atom. The van der Waals surface area contributed by atoms with Crippen molar-refractivity contribution in [3.63, 3.8) is 0 Å². The number of rotatable bonds is 52. The largest absolute Gasteiger partial charge is 0.462 e. The Balaban J connectivity index is 4.62. The van der Waals surface area contributed by atoms with Crippen LogP contribution in [0.1, 0.15) is 284 Å². The van der Waals surface area contributed by atoms with Crippen molar-refractivity contribution in [2.24, 2.45) is 0 Å². The number of hydrogen-bond acceptors (Lipinski definition) is 5. The maximum Gasteiger partial charge on any atom is 0.306 e. The molecule has 1 amide bonds. The van der Waals surface area contributed by atoms with Crippen LogP contribution in [0.15, 0.2) is 72.9 Å². The first-order valence-electron chi connectivity index (χ1n) is 29.2. The summed E-state index contributed by atoms with van der Waals surface area (Å²) in [5.74, 6) is -0.513. The molecule has 0 aromatic heterocycles. The van der Waals surface area contributed by atoms with E-state index in [0.29, 0.717) is 19.3 Å². The molecule has 3 unspecified atom stereocenters. The molecule has 3 N–H and O–H groups in total. The molecule has 0 heterocycles. The van der Waals surface area contributed by atoms with Crippen LogP contribution in [0.5, 0.6) is 0 Å². The second kappa shape index (κ2) is 55.2. The van der Waals surface area contributed by atoms with Crippen LogP contribution in [0.4, 0.5) is 0 Å². The quantitative estimate of drug-likeness (QED) is 0.0321. The van der Waals surface area contributed by atoms with E-state index < -0.39 is 18.2 Å². The lowest BCUT2D eigenvalue weighted by atomic mass is 10.0. The molecule has 68 heavy (non-hydrogen) atoms. The first kappa shape index (κ1) is 65.3. The van der Waals surface area contributed by atoms with Crippen molar-refractivity contribution in [1.29, 1.82) is 0 Å². The molecule has 0 aromatic rings. The number of hydrogen-bond donors (Lipinski definition) is 3. The third-order valence-corrected chi connectivity index (χ3v) is 13.0. The molecule has 0 saturated carbocycles. The third-order valence-electron chi connectivity index (χ3n) is 13.0. The summed E-state index contributed by atoms with van der Waals surface area (Å²) >= 11 is 0. The molecule has 0 radical (unpaired) electrons. The number of amides is 1. The number of aliphatic hydroxyl groups excluding tert-OH is 2. The van der Waals surface area contributed by atoms with Crippen LogP contribution in [0.3, 0.4) is 0 Å². The van der Waals surface area contributed by atoms with Gasteiger partial charge in [0, 0.05) is 6.42 Å². The number of carbonyl (C=O) groups is 2. The number of carbonyl (C=O) groups excluding carboxylic acids is 2. The predicted molar refractivity (Wildman–Crippen MR) is 296 cm³/mol. The van der Waals surface area contributed by atoms with Gasteiger partial charge in [-0.3, -0.25) is 9.59 Å². The van der Waals surface area contributed by atoms with E-state index in [0.717, 1.165) is 103 Å². The Bertz CT molecular complexity index is 1250. The summed E-state index contributed by atoms with van der Waals surface area (Å²) < 4.78 is 5.95. The van der Waals surface area contributed by atoms with Crippen LogP contribution in [-0.2, 0) is 14.3 Å². The zero-order valence-electron chi connectivity index (χ0n) is 45.0. The average molecular weight is 951 g/mol. The highest BCUT2D eigenvalue weighted by atomic mass is 16.5. The summed E-state index contributed by atoms with van der Waals surface area (Å²) in [6.45, 7) is 6.36. The fourth-order valence-corrected chi connectivity index (χ4v) is 8.63. The molecule has 0 rings (SSSR count). The van der Waals surface area contributed by atoms with Gasteiger partial charge < -0.3 is 20.3 Å². The van der Waals surface area contributed by atoms with E-state index in [9.17, 15) is 19.8 Å². The molecule has 3 atom stereocenters. The number of esters is 1. The average Bonchev–Trinajstić information content (AvgIpc) is 3.33. The van der Waals surface area contributed by atoms with Crippen molar-refractivity contribution < 1.29 is 24.5 Å². The van der Waals surface area contributed by atoms with Crippen LogP contribution in [-0.4, -0.2) is 46.9 Å². The van der Waals surface area contributed by atoms with Gasteiger partial charge in [0.05, 0.1) is 25.2 Å². The minimum Gasteiger partial charge on any atom is -0.462 e. The highest BCUT2D eigenvalue weighted by Crippen LogP contribution is 2.18. The second-order valence-corrected chi connectivity index (χ2v) is 19.7. The number of ether oxygens (including phenoxy) is 1. The smallest absolute Gasteiger partial charge is 0.306 e. The van der Waals surface area contributed by atoms with Gasteiger partial charge in [0.2, 0.25) is 5.91 Å². The van der Waals surface area contributed by atoms with Gasteiger partial charge >= 0.3 is 5.97 Å². The molecular weight excluding hydrogens is 839 g/mol. The summed E-state index contributed by atoms with van der Waals surface area (Å²) in [4.78, 5) is 26.3. The lowest BCUT2D eigenvalue weighted by Crippen LogP contribution is -2.46. The van der Waals surface area contributed by atoms with E-state index in [1.54, 1.807) is 0 Å². The molecule has 394 valence electrons. The number of nitrogens with one attached hydrogen (secondary N) is 1. The van der Waals surface area contributed by atoms with E-state index in [-0.39, 0.29) is 24.9 Å². The van der Waals surface area contributed by atoms with E-state index >= 15 is 0 Å². The van der Waals surface area contributed by atoms with Crippen LogP contribution < -0.4 is 5.32 Å². The fourth-order valence-electron chi connectivity index (χ4n) is 8.63. The number of aliphatic hydroxyl groups is 2. The number of unbranched alkanes of at least 4 members (excludes halogenated alkanes) is 28. The Morgan fingerprint density at radius 1 is 0.441 bits per heavy atom. The van der Waals surface area contributed by atoms with Gasteiger partial charge in [-0.2, -0.15) is 0 Å². The van der Waals surface area contributed by atoms with Crippen molar-refractivity contribution in [1.82, 2.24) is 5.32 Å². The zero-order valence-corrected chi connectivity index (χ0v) is 45.0. The van der Waals surface area contributed by atoms with Crippen molar-refractivity contribution >= 4 is 11.9 Å². The van der Waals surface area contributed by atoms with Gasteiger partial charge in [0.1, 0.15) is 6.10 Å². The van der Waals surface area contributed by atoms with E-state index in [1.165, 1.54) is 135 Å². The van der Waals surface area contributed by atoms with Crippen LogP contribution >= 0.6 is 0 Å². The first-order chi connectivity index (χ1) is 33.5. The lowest BCUT2D eigenvalue weighted by Gasteiger charge is -2.24. The molecular formula is C62H111NO5. The molecule has 0 aliphatic carbocycles. The molecule has 0 saturated heterocycles. The maximum atomic E-state index is 13.3. The van der Waals surface area contributed by atoms with Gasteiger partial charge in [-0.05, 0) is 96.3 Å². The Hall–Kier alpha value is -2.70. The molecule has 6 nitrogen and oxygen atoms in total. The third kappa shape index (κ3) is 49.7. The monoisotopic (exact) mass is 950 g/mol. The molecule has 0 fully saturated rings. The number of allylic oxidation sites excluding steroid dienone is 12. The molecule has 0 aliphatic heterocycles. The van der Waals surface area contributed by atoms with Crippen molar-refractivity contribution in [3.8, 4) is 0 Å². The molecule has 0 aromatic carbocycles. The van der Waals surface area contributed by atoms with E-state index in [4.69, 9.17) is 4.74 Å². The highest BCUT2D eigenvalue weighted by Gasteiger charge is 2.24. The van der Waals surface area contributed by atoms with Crippen molar-refractivity contribution in [2.75, 3.05) is 6.61 Å². The normalized spacial score (nSPS) is 13.7. The Kier molecular flexibility index (Phi) is 53.0. The summed E-state index contributed by atoms with van der Waals surface area (Å²) in [5, 5.41) is 23.9. The fraction of sp³-hybridized carbons (Fsp3) is 0.774. The molecule has 0 spiro atoms. The second-order valence-electron chi connectivity index (χ2n) is 19.7. The van der Waals surface area contributed by atoms with Crippen LogP contribution in [0.25, 0.3) is 0 Å². The minimum absolute atomic E-state index is 0.0575. The summed E-state index contributed by atoms with van der Waals surface area (Å²) in [7, 11) is 0. The summed E-state index contributed by atoms with van der Waals surface area (Å²) in [6.07, 6.45) is 71.0. The Morgan fingerprint density at radius 3 is 1.24 bits per heavy atom. The zero-order chi connectivity index (χ0) is 49.5. The topological polar surface area (TPSA) is 95.9 Å². The Labute approximate surface area is 421 Å². The molecule has 0 bridgehead atoms.